The second-order valence-electron chi connectivity index (χ2n) is 6.96. The van der Waals surface area contributed by atoms with Crippen LogP contribution >= 0.6 is 24.0 Å². The van der Waals surface area contributed by atoms with Crippen LogP contribution in [0.4, 0.5) is 4.79 Å². The third kappa shape index (κ3) is 15.9. The highest BCUT2D eigenvalue weighted by Crippen LogP contribution is 2.11. The molecule has 4 N–H and O–H groups in total. The molecule has 2 atom stereocenters. The van der Waals surface area contributed by atoms with Gasteiger partial charge in [-0.3, -0.25) is 4.99 Å². The molecule has 8 heteroatoms. The number of nitrogens with zero attached hydrogens (tertiary/aromatic N) is 1. The predicted molar refractivity (Wildman–Crippen MR) is 123 cm³/mol. The molecule has 7 nitrogen and oxygen atoms in total. The Morgan fingerprint density at radius 3 is 2.37 bits per heavy atom. The first-order chi connectivity index (χ1) is 12.5. The van der Waals surface area contributed by atoms with Gasteiger partial charge in [-0.2, -0.15) is 0 Å². The maximum absolute atomic E-state index is 11.7. The molecule has 1 amide bonds. The Bertz CT molecular complexity index is 389. The van der Waals surface area contributed by atoms with Gasteiger partial charge in [0.05, 0.1) is 6.61 Å². The lowest BCUT2D eigenvalue weighted by molar-refractivity contribution is 0.146. The lowest BCUT2D eigenvalue weighted by Gasteiger charge is -2.22. The van der Waals surface area contributed by atoms with Gasteiger partial charge in [0, 0.05) is 32.3 Å². The van der Waals surface area contributed by atoms with E-state index in [2.05, 4.69) is 41.7 Å². The molecule has 0 spiro atoms. The molecule has 0 radical (unpaired) electrons. The van der Waals surface area contributed by atoms with Crippen LogP contribution in [0.15, 0.2) is 4.99 Å². The summed E-state index contributed by atoms with van der Waals surface area (Å²) in [5, 5.41) is 18.7. The minimum Gasteiger partial charge on any atom is -0.450 e. The molecule has 162 valence electrons. The fraction of sp³-hybridized carbons (Fsp3) is 0.895. The zero-order chi connectivity index (χ0) is 19.8. The second kappa shape index (κ2) is 18.6. The molecule has 0 aliphatic heterocycles. The number of aliphatic hydroxyl groups excluding tert-OH is 1. The van der Waals surface area contributed by atoms with Crippen molar-refractivity contribution in [1.29, 1.82) is 0 Å². The van der Waals surface area contributed by atoms with Gasteiger partial charge in [-0.1, -0.05) is 27.2 Å². The number of hydrogen-bond acceptors (Lipinski definition) is 4. The van der Waals surface area contributed by atoms with E-state index in [1.807, 2.05) is 6.92 Å². The third-order valence-corrected chi connectivity index (χ3v) is 3.96. The highest BCUT2D eigenvalue weighted by Gasteiger charge is 2.15. The fourth-order valence-corrected chi connectivity index (χ4v) is 2.80. The molecule has 0 aliphatic carbocycles. The molecule has 0 bridgehead atoms. The van der Waals surface area contributed by atoms with E-state index in [9.17, 15) is 9.90 Å². The number of amides is 1. The van der Waals surface area contributed by atoms with Crippen LogP contribution in [-0.2, 0) is 4.74 Å². The fourth-order valence-electron chi connectivity index (χ4n) is 2.80. The Morgan fingerprint density at radius 2 is 1.85 bits per heavy atom. The molecule has 0 rings (SSSR count). The van der Waals surface area contributed by atoms with E-state index in [1.54, 1.807) is 6.92 Å². The molecule has 0 aromatic carbocycles. The maximum Gasteiger partial charge on any atom is 0.407 e. The summed E-state index contributed by atoms with van der Waals surface area (Å²) in [7, 11) is 0. The zero-order valence-corrected chi connectivity index (χ0v) is 20.0. The Hall–Kier alpha value is -0.770. The summed E-state index contributed by atoms with van der Waals surface area (Å²) < 4.78 is 4.99. The van der Waals surface area contributed by atoms with Crippen molar-refractivity contribution >= 4 is 36.0 Å². The number of hydrogen-bond donors (Lipinski definition) is 4. The SMILES string of the molecule is CCCC(CCO)CN=C(NCC)NCC(CC(C)C)NC(=O)OCC.I. The van der Waals surface area contributed by atoms with Crippen LogP contribution in [0.5, 0.6) is 0 Å². The number of alkyl carbamates (subject to hydrolysis) is 1. The quantitative estimate of drug-likeness (QED) is 0.177. The van der Waals surface area contributed by atoms with Crippen molar-refractivity contribution < 1.29 is 14.6 Å². The van der Waals surface area contributed by atoms with Crippen molar-refractivity contribution in [3.05, 3.63) is 0 Å². The smallest absolute Gasteiger partial charge is 0.407 e. The number of nitrogens with one attached hydrogen (secondary N) is 3. The molecule has 0 fully saturated rings. The average Bonchev–Trinajstić information content (AvgIpc) is 2.57. The van der Waals surface area contributed by atoms with E-state index < -0.39 is 0 Å². The normalized spacial score (nSPS) is 13.5. The molecule has 27 heavy (non-hydrogen) atoms. The monoisotopic (exact) mass is 500 g/mol. The van der Waals surface area contributed by atoms with Crippen LogP contribution < -0.4 is 16.0 Å². The maximum atomic E-state index is 11.7. The van der Waals surface area contributed by atoms with E-state index in [0.29, 0.717) is 31.5 Å². The van der Waals surface area contributed by atoms with Gasteiger partial charge in [0.25, 0.3) is 0 Å². The average molecular weight is 500 g/mol. The number of aliphatic hydroxyl groups is 1. The standard InChI is InChI=1S/C19H40N4O3.HI/c1-6-9-16(10-11-24)13-21-18(20-7-2)22-14-17(12-15(4)5)23-19(25)26-8-3;/h15-17,24H,6-14H2,1-5H3,(H,23,25)(H2,20,21,22);1H. The highest BCUT2D eigenvalue weighted by molar-refractivity contribution is 14.0. The van der Waals surface area contributed by atoms with Crippen molar-refractivity contribution in [2.75, 3.05) is 32.8 Å². The summed E-state index contributed by atoms with van der Waals surface area (Å²) in [6.45, 7) is 12.8. The Labute approximate surface area is 182 Å². The summed E-state index contributed by atoms with van der Waals surface area (Å²) in [6, 6.07) is -0.0261. The molecule has 0 aliphatic rings. The highest BCUT2D eigenvalue weighted by atomic mass is 127. The predicted octanol–water partition coefficient (Wildman–Crippen LogP) is 3.12. The van der Waals surface area contributed by atoms with Gasteiger partial charge in [-0.15, -0.1) is 24.0 Å². The summed E-state index contributed by atoms with van der Waals surface area (Å²) >= 11 is 0. The number of carbonyl (C=O) groups excluding carboxylic acids is 1. The van der Waals surface area contributed by atoms with Gasteiger partial charge in [0.2, 0.25) is 0 Å². The topological polar surface area (TPSA) is 95.0 Å². The van der Waals surface area contributed by atoms with Gasteiger partial charge in [0.1, 0.15) is 0 Å². The van der Waals surface area contributed by atoms with Crippen LogP contribution in [-0.4, -0.2) is 56.0 Å². The lowest BCUT2D eigenvalue weighted by atomic mass is 10.0. The van der Waals surface area contributed by atoms with Gasteiger partial charge in [0.15, 0.2) is 5.96 Å². The number of guanidine groups is 1. The van der Waals surface area contributed by atoms with Crippen LogP contribution in [0.25, 0.3) is 0 Å². The number of aliphatic imine (C=N–C) groups is 1. The van der Waals surface area contributed by atoms with Gasteiger partial charge >= 0.3 is 6.09 Å². The number of ether oxygens (including phenoxy) is 1. The minimum atomic E-state index is -0.382. The minimum absolute atomic E-state index is 0. The van der Waals surface area contributed by atoms with Crippen molar-refractivity contribution in [2.24, 2.45) is 16.8 Å². The molecular weight excluding hydrogens is 459 g/mol. The summed E-state index contributed by atoms with van der Waals surface area (Å²) in [5.41, 5.74) is 0. The summed E-state index contributed by atoms with van der Waals surface area (Å²) in [4.78, 5) is 16.4. The number of rotatable bonds is 13. The molecule has 0 saturated carbocycles. The Kier molecular flexibility index (Phi) is 19.6. The molecule has 0 aromatic heterocycles. The first kappa shape index (κ1) is 28.4. The lowest BCUT2D eigenvalue weighted by Crippen LogP contribution is -2.47. The first-order valence-electron chi connectivity index (χ1n) is 10.0. The van der Waals surface area contributed by atoms with Crippen molar-refractivity contribution in [1.82, 2.24) is 16.0 Å². The third-order valence-electron chi connectivity index (χ3n) is 3.96. The van der Waals surface area contributed by atoms with Crippen molar-refractivity contribution in [2.45, 2.75) is 66.3 Å². The van der Waals surface area contributed by atoms with E-state index in [4.69, 9.17) is 4.74 Å². The number of halogens is 1. The molecule has 0 aromatic rings. The number of carbonyl (C=O) groups is 1. The molecule has 0 saturated heterocycles. The summed E-state index contributed by atoms with van der Waals surface area (Å²) in [5.74, 6) is 1.59. The summed E-state index contributed by atoms with van der Waals surface area (Å²) in [6.07, 6.45) is 3.40. The molecule has 2 unspecified atom stereocenters. The van der Waals surface area contributed by atoms with Crippen LogP contribution in [0.3, 0.4) is 0 Å². The Balaban J connectivity index is 0. The van der Waals surface area contributed by atoms with E-state index in [1.165, 1.54) is 0 Å². The van der Waals surface area contributed by atoms with Crippen molar-refractivity contribution in [3.8, 4) is 0 Å². The van der Waals surface area contributed by atoms with Crippen LogP contribution in [0.2, 0.25) is 0 Å². The molecular formula is C19H41IN4O3. The largest absolute Gasteiger partial charge is 0.450 e. The van der Waals surface area contributed by atoms with Gasteiger partial charge in [-0.25, -0.2) is 4.79 Å². The van der Waals surface area contributed by atoms with Crippen LogP contribution in [0.1, 0.15) is 60.3 Å². The van der Waals surface area contributed by atoms with E-state index >= 15 is 0 Å². The van der Waals surface area contributed by atoms with E-state index in [0.717, 1.165) is 38.2 Å². The first-order valence-corrected chi connectivity index (χ1v) is 10.0. The zero-order valence-electron chi connectivity index (χ0n) is 17.7. The van der Waals surface area contributed by atoms with E-state index in [-0.39, 0.29) is 42.7 Å². The van der Waals surface area contributed by atoms with Gasteiger partial charge in [-0.05, 0) is 44.9 Å². The van der Waals surface area contributed by atoms with Crippen molar-refractivity contribution in [3.63, 3.8) is 0 Å². The van der Waals surface area contributed by atoms with Crippen LogP contribution in [0, 0.1) is 11.8 Å². The van der Waals surface area contributed by atoms with Gasteiger partial charge < -0.3 is 25.8 Å². The second-order valence-corrected chi connectivity index (χ2v) is 6.96. The molecule has 0 heterocycles. The Morgan fingerprint density at radius 1 is 1.15 bits per heavy atom.